The SMILES string of the molecule is CC(C)CN(CC(C)C)c1ncnc(Nc2cc(F)ccc2F)c1[N+](=O)[O-]. The Morgan fingerprint density at radius 2 is 1.78 bits per heavy atom. The first-order valence-electron chi connectivity index (χ1n) is 8.65. The molecule has 0 saturated heterocycles. The molecule has 7 nitrogen and oxygen atoms in total. The number of anilines is 3. The van der Waals surface area contributed by atoms with Crippen LogP contribution in [0.5, 0.6) is 0 Å². The molecule has 0 aliphatic carbocycles. The molecule has 0 fully saturated rings. The number of halogens is 2. The maximum absolute atomic E-state index is 13.9. The van der Waals surface area contributed by atoms with Crippen LogP contribution in [0.1, 0.15) is 27.7 Å². The number of hydrogen-bond acceptors (Lipinski definition) is 6. The van der Waals surface area contributed by atoms with Crippen LogP contribution in [0.3, 0.4) is 0 Å². The van der Waals surface area contributed by atoms with Crippen molar-refractivity contribution in [2.24, 2.45) is 11.8 Å². The van der Waals surface area contributed by atoms with Crippen LogP contribution < -0.4 is 10.2 Å². The van der Waals surface area contributed by atoms with Gasteiger partial charge in [0.05, 0.1) is 10.6 Å². The fourth-order valence-corrected chi connectivity index (χ4v) is 2.71. The number of rotatable bonds is 8. The molecule has 0 aliphatic heterocycles. The molecule has 27 heavy (non-hydrogen) atoms. The predicted molar refractivity (Wildman–Crippen MR) is 100 cm³/mol. The second kappa shape index (κ2) is 8.70. The van der Waals surface area contributed by atoms with Gasteiger partial charge in [0.1, 0.15) is 18.0 Å². The van der Waals surface area contributed by atoms with Gasteiger partial charge in [-0.3, -0.25) is 10.1 Å². The van der Waals surface area contributed by atoms with Crippen molar-refractivity contribution in [2.75, 3.05) is 23.3 Å². The van der Waals surface area contributed by atoms with Gasteiger partial charge < -0.3 is 10.2 Å². The largest absolute Gasteiger partial charge is 0.353 e. The Morgan fingerprint density at radius 3 is 2.33 bits per heavy atom. The van der Waals surface area contributed by atoms with E-state index in [-0.39, 0.29) is 34.8 Å². The number of hydrogen-bond donors (Lipinski definition) is 1. The molecule has 1 aromatic carbocycles. The third-order valence-corrected chi connectivity index (χ3v) is 3.64. The van der Waals surface area contributed by atoms with E-state index in [1.54, 1.807) is 0 Å². The van der Waals surface area contributed by atoms with E-state index < -0.39 is 16.6 Å². The zero-order chi connectivity index (χ0) is 20.1. The van der Waals surface area contributed by atoms with Crippen LogP contribution in [-0.2, 0) is 0 Å². The summed E-state index contributed by atoms with van der Waals surface area (Å²) in [5, 5.41) is 14.3. The van der Waals surface area contributed by atoms with Gasteiger partial charge in [-0.05, 0) is 24.0 Å². The molecule has 0 amide bonds. The summed E-state index contributed by atoms with van der Waals surface area (Å²) in [7, 11) is 0. The van der Waals surface area contributed by atoms with Gasteiger partial charge in [-0.25, -0.2) is 18.7 Å². The van der Waals surface area contributed by atoms with Crippen LogP contribution in [0.25, 0.3) is 0 Å². The van der Waals surface area contributed by atoms with Gasteiger partial charge in [-0.2, -0.15) is 0 Å². The highest BCUT2D eigenvalue weighted by atomic mass is 19.1. The second-order valence-corrected chi connectivity index (χ2v) is 7.09. The monoisotopic (exact) mass is 379 g/mol. The van der Waals surface area contributed by atoms with Crippen molar-refractivity contribution < 1.29 is 13.7 Å². The number of nitrogens with one attached hydrogen (secondary N) is 1. The van der Waals surface area contributed by atoms with Crippen LogP contribution in [0.15, 0.2) is 24.5 Å². The van der Waals surface area contributed by atoms with E-state index in [1.807, 2.05) is 32.6 Å². The van der Waals surface area contributed by atoms with Crippen molar-refractivity contribution in [3.05, 3.63) is 46.3 Å². The molecule has 0 unspecified atom stereocenters. The number of nitrogens with zero attached hydrogens (tertiary/aromatic N) is 4. The molecule has 0 radical (unpaired) electrons. The first-order chi connectivity index (χ1) is 12.7. The molecule has 9 heteroatoms. The van der Waals surface area contributed by atoms with Crippen LogP contribution in [-0.4, -0.2) is 28.0 Å². The number of nitro groups is 1. The lowest BCUT2D eigenvalue weighted by Gasteiger charge is -2.27. The lowest BCUT2D eigenvalue weighted by atomic mass is 10.1. The van der Waals surface area contributed by atoms with Gasteiger partial charge in [0.25, 0.3) is 0 Å². The molecule has 2 aromatic rings. The third kappa shape index (κ3) is 5.32. The highest BCUT2D eigenvalue weighted by Gasteiger charge is 2.28. The first kappa shape index (κ1) is 20.5. The summed E-state index contributed by atoms with van der Waals surface area (Å²) in [6.07, 6.45) is 1.18. The van der Waals surface area contributed by atoms with Crippen molar-refractivity contribution in [1.82, 2.24) is 9.97 Å². The fraction of sp³-hybridized carbons (Fsp3) is 0.444. The normalized spacial score (nSPS) is 11.1. The molecule has 146 valence electrons. The summed E-state index contributed by atoms with van der Waals surface area (Å²) in [5.74, 6) is -0.960. The van der Waals surface area contributed by atoms with E-state index in [4.69, 9.17) is 0 Å². The average Bonchev–Trinajstić information content (AvgIpc) is 2.56. The summed E-state index contributed by atoms with van der Waals surface area (Å²) in [4.78, 5) is 21.0. The second-order valence-electron chi connectivity index (χ2n) is 7.09. The number of benzene rings is 1. The zero-order valence-corrected chi connectivity index (χ0v) is 15.7. The predicted octanol–water partition coefficient (Wildman–Crippen LogP) is 4.53. The lowest BCUT2D eigenvalue weighted by molar-refractivity contribution is -0.383. The minimum Gasteiger partial charge on any atom is -0.350 e. The summed E-state index contributed by atoms with van der Waals surface area (Å²) in [5.41, 5.74) is -0.607. The number of aromatic nitrogens is 2. The molecule has 0 atom stereocenters. The molecule has 0 saturated carbocycles. The van der Waals surface area contributed by atoms with Gasteiger partial charge in [0.15, 0.2) is 0 Å². The lowest BCUT2D eigenvalue weighted by Crippen LogP contribution is -2.32. The Bertz CT molecular complexity index is 804. The van der Waals surface area contributed by atoms with Crippen LogP contribution in [0.2, 0.25) is 0 Å². The molecule has 0 bridgehead atoms. The Balaban J connectivity index is 2.52. The van der Waals surface area contributed by atoms with E-state index in [0.717, 1.165) is 18.2 Å². The van der Waals surface area contributed by atoms with Crippen LogP contribution in [0.4, 0.5) is 31.8 Å². The van der Waals surface area contributed by atoms with E-state index >= 15 is 0 Å². The van der Waals surface area contributed by atoms with Crippen molar-refractivity contribution in [2.45, 2.75) is 27.7 Å². The standard InChI is InChI=1S/C18H23F2N5O2/c1-11(2)8-24(9-12(3)4)18-16(25(26)27)17(21-10-22-18)23-15-7-13(19)5-6-14(15)20/h5-7,10-12H,8-9H2,1-4H3,(H,21,22,23). The Labute approximate surface area is 156 Å². The van der Waals surface area contributed by atoms with Gasteiger partial charge >= 0.3 is 5.69 Å². The van der Waals surface area contributed by atoms with Crippen molar-refractivity contribution in [3.63, 3.8) is 0 Å². The summed E-state index contributed by atoms with van der Waals surface area (Å²) >= 11 is 0. The van der Waals surface area contributed by atoms with E-state index in [2.05, 4.69) is 15.3 Å². The van der Waals surface area contributed by atoms with Gasteiger partial charge in [0, 0.05) is 19.2 Å². The van der Waals surface area contributed by atoms with Crippen molar-refractivity contribution in [3.8, 4) is 0 Å². The van der Waals surface area contributed by atoms with E-state index in [1.165, 1.54) is 6.33 Å². The zero-order valence-electron chi connectivity index (χ0n) is 15.7. The topological polar surface area (TPSA) is 84.2 Å². The molecular weight excluding hydrogens is 356 g/mol. The Morgan fingerprint density at radius 1 is 1.15 bits per heavy atom. The summed E-state index contributed by atoms with van der Waals surface area (Å²) < 4.78 is 27.4. The average molecular weight is 379 g/mol. The Hall–Kier alpha value is -2.84. The molecule has 0 aliphatic rings. The van der Waals surface area contributed by atoms with Gasteiger partial charge in [-0.15, -0.1) is 0 Å². The van der Waals surface area contributed by atoms with Crippen molar-refractivity contribution in [1.29, 1.82) is 0 Å². The van der Waals surface area contributed by atoms with Crippen molar-refractivity contribution >= 4 is 23.0 Å². The smallest absolute Gasteiger partial charge is 0.350 e. The highest BCUT2D eigenvalue weighted by Crippen LogP contribution is 2.34. The van der Waals surface area contributed by atoms with Gasteiger partial charge in [0.2, 0.25) is 11.6 Å². The summed E-state index contributed by atoms with van der Waals surface area (Å²) in [6, 6.07) is 2.82. The summed E-state index contributed by atoms with van der Waals surface area (Å²) in [6.45, 7) is 9.13. The van der Waals surface area contributed by atoms with E-state index in [0.29, 0.717) is 13.1 Å². The van der Waals surface area contributed by atoms with Gasteiger partial charge in [-0.1, -0.05) is 27.7 Å². The Kier molecular flexibility index (Phi) is 6.59. The molecular formula is C18H23F2N5O2. The quantitative estimate of drug-likeness (QED) is 0.536. The molecule has 0 spiro atoms. The maximum Gasteiger partial charge on any atom is 0.353 e. The highest BCUT2D eigenvalue weighted by molar-refractivity contribution is 5.74. The van der Waals surface area contributed by atoms with Crippen LogP contribution >= 0.6 is 0 Å². The molecule has 2 rings (SSSR count). The first-order valence-corrected chi connectivity index (χ1v) is 8.65. The third-order valence-electron chi connectivity index (χ3n) is 3.64. The fourth-order valence-electron chi connectivity index (χ4n) is 2.71. The maximum atomic E-state index is 13.9. The molecule has 1 N–H and O–H groups in total. The minimum atomic E-state index is -0.743. The molecule has 1 heterocycles. The molecule has 1 aromatic heterocycles. The minimum absolute atomic E-state index is 0.150. The van der Waals surface area contributed by atoms with E-state index in [9.17, 15) is 18.9 Å². The van der Waals surface area contributed by atoms with Crippen LogP contribution in [0, 0.1) is 33.6 Å².